The topological polar surface area (TPSA) is 76.0 Å². The molecule has 0 amide bonds. The van der Waals surface area contributed by atoms with Gasteiger partial charge < -0.3 is 19.3 Å². The zero-order valence-corrected chi connectivity index (χ0v) is 13.5. The summed E-state index contributed by atoms with van der Waals surface area (Å²) in [5.74, 6) is 1.39. The Morgan fingerprint density at radius 2 is 1.90 bits per heavy atom. The van der Waals surface area contributed by atoms with E-state index >= 15 is 0 Å². The summed E-state index contributed by atoms with van der Waals surface area (Å²) in [6.07, 6.45) is -0.251. The summed E-state index contributed by atoms with van der Waals surface area (Å²) in [4.78, 5) is 18.9. The summed E-state index contributed by atoms with van der Waals surface area (Å²) in [5, 5.41) is 1.88. The molecule has 2 aromatic rings. The monoisotopic (exact) mass is 328 g/mol. The Morgan fingerprint density at radius 1 is 1.24 bits per heavy atom. The number of hydrogen-bond acceptors (Lipinski definition) is 4. The van der Waals surface area contributed by atoms with Gasteiger partial charge in [0, 0.05) is 5.38 Å². The molecule has 0 aliphatic carbocycles. The molecule has 1 aromatic heterocycles. The Hall–Kier alpha value is -1.33. The molecule has 5 nitrogen and oxygen atoms in total. The molecule has 2 rings (SSSR count). The standard InChI is InChI=1S/C14H17O5PS/c1-3-19-13-12(18-2)9-21-14(13)11-6-4-10(5-7-11)8-20(15,16)17/h4-7,9H,3,8H2,1-2H3,(H2,15,16,17). The highest BCUT2D eigenvalue weighted by atomic mass is 32.1. The third-order valence-electron chi connectivity index (χ3n) is 2.83. The Kier molecular flexibility index (Phi) is 5.06. The van der Waals surface area contributed by atoms with Crippen molar-refractivity contribution in [1.82, 2.24) is 0 Å². The first kappa shape index (κ1) is 16.0. The minimum atomic E-state index is -4.04. The molecular formula is C14H17O5PS. The van der Waals surface area contributed by atoms with Crippen molar-refractivity contribution >= 4 is 18.9 Å². The number of hydrogen-bond donors (Lipinski definition) is 2. The van der Waals surface area contributed by atoms with Gasteiger partial charge in [0.25, 0.3) is 0 Å². The average Bonchev–Trinajstić information content (AvgIpc) is 2.81. The van der Waals surface area contributed by atoms with E-state index in [1.54, 1.807) is 19.2 Å². The molecule has 7 heteroatoms. The van der Waals surface area contributed by atoms with Crippen LogP contribution >= 0.6 is 18.9 Å². The van der Waals surface area contributed by atoms with Crippen molar-refractivity contribution in [2.24, 2.45) is 0 Å². The van der Waals surface area contributed by atoms with Crippen LogP contribution in [0.15, 0.2) is 29.6 Å². The van der Waals surface area contributed by atoms with E-state index in [0.717, 1.165) is 10.4 Å². The van der Waals surface area contributed by atoms with Crippen LogP contribution in [0.5, 0.6) is 11.5 Å². The largest absolute Gasteiger partial charge is 0.492 e. The maximum Gasteiger partial charge on any atom is 0.329 e. The predicted molar refractivity (Wildman–Crippen MR) is 83.2 cm³/mol. The van der Waals surface area contributed by atoms with Crippen LogP contribution in [0, 0.1) is 0 Å². The molecule has 0 bridgehead atoms. The highest BCUT2D eigenvalue weighted by molar-refractivity contribution is 7.50. The van der Waals surface area contributed by atoms with E-state index in [-0.39, 0.29) is 6.16 Å². The Morgan fingerprint density at radius 3 is 2.43 bits per heavy atom. The Bertz CT molecular complexity index is 644. The summed E-state index contributed by atoms with van der Waals surface area (Å²) in [6, 6.07) is 7.10. The molecule has 0 saturated heterocycles. The van der Waals surface area contributed by atoms with Crippen LogP contribution in [-0.4, -0.2) is 23.5 Å². The Balaban J connectivity index is 2.30. The lowest BCUT2D eigenvalue weighted by Crippen LogP contribution is -1.94. The number of benzene rings is 1. The molecule has 0 fully saturated rings. The minimum Gasteiger partial charge on any atom is -0.492 e. The van der Waals surface area contributed by atoms with E-state index in [1.165, 1.54) is 11.3 Å². The lowest BCUT2D eigenvalue weighted by atomic mass is 10.1. The molecule has 2 N–H and O–H groups in total. The van der Waals surface area contributed by atoms with Gasteiger partial charge in [0.05, 0.1) is 24.8 Å². The Labute approximate surface area is 127 Å². The van der Waals surface area contributed by atoms with E-state index in [4.69, 9.17) is 19.3 Å². The normalized spacial score (nSPS) is 11.4. The molecular weight excluding hydrogens is 311 g/mol. The maximum absolute atomic E-state index is 11.0. The third-order valence-corrected chi connectivity index (χ3v) is 4.59. The fourth-order valence-corrected chi connectivity index (χ4v) is 3.61. The second kappa shape index (κ2) is 6.62. The van der Waals surface area contributed by atoms with Crippen LogP contribution < -0.4 is 9.47 Å². The van der Waals surface area contributed by atoms with Crippen molar-refractivity contribution < 1.29 is 23.8 Å². The van der Waals surface area contributed by atoms with Crippen LogP contribution in [0.4, 0.5) is 0 Å². The SMILES string of the molecule is CCOc1c(OC)csc1-c1ccc(CP(=O)(O)O)cc1. The van der Waals surface area contributed by atoms with Crippen LogP contribution in [-0.2, 0) is 10.7 Å². The zero-order valence-electron chi connectivity index (χ0n) is 11.8. The smallest absolute Gasteiger partial charge is 0.329 e. The molecule has 0 unspecified atom stereocenters. The van der Waals surface area contributed by atoms with Crippen molar-refractivity contribution in [2.75, 3.05) is 13.7 Å². The van der Waals surface area contributed by atoms with E-state index in [9.17, 15) is 4.57 Å². The van der Waals surface area contributed by atoms with Crippen LogP contribution in [0.25, 0.3) is 10.4 Å². The van der Waals surface area contributed by atoms with Crippen molar-refractivity contribution in [2.45, 2.75) is 13.1 Å². The van der Waals surface area contributed by atoms with Gasteiger partial charge >= 0.3 is 7.60 Å². The number of methoxy groups -OCH3 is 1. The molecule has 1 aromatic carbocycles. The van der Waals surface area contributed by atoms with Crippen LogP contribution in [0.2, 0.25) is 0 Å². The van der Waals surface area contributed by atoms with Gasteiger partial charge in [-0.1, -0.05) is 24.3 Å². The second-order valence-electron chi connectivity index (χ2n) is 4.42. The first-order chi connectivity index (χ1) is 9.94. The number of rotatable bonds is 6. The summed E-state index contributed by atoms with van der Waals surface area (Å²) in [6.45, 7) is 2.44. The predicted octanol–water partition coefficient (Wildman–Crippen LogP) is 3.50. The number of ether oxygens (including phenoxy) is 2. The molecule has 114 valence electrons. The van der Waals surface area contributed by atoms with E-state index in [0.29, 0.717) is 23.7 Å². The van der Waals surface area contributed by atoms with E-state index < -0.39 is 7.60 Å². The van der Waals surface area contributed by atoms with E-state index in [2.05, 4.69) is 0 Å². The molecule has 21 heavy (non-hydrogen) atoms. The maximum atomic E-state index is 11.0. The molecule has 0 aliphatic heterocycles. The zero-order chi connectivity index (χ0) is 15.5. The van der Waals surface area contributed by atoms with Crippen LogP contribution in [0.3, 0.4) is 0 Å². The van der Waals surface area contributed by atoms with Gasteiger partial charge in [-0.25, -0.2) is 0 Å². The fourth-order valence-electron chi connectivity index (χ4n) is 1.95. The van der Waals surface area contributed by atoms with Gasteiger partial charge in [0.1, 0.15) is 0 Å². The first-order valence-electron chi connectivity index (χ1n) is 6.36. The summed E-state index contributed by atoms with van der Waals surface area (Å²) < 4.78 is 21.9. The summed E-state index contributed by atoms with van der Waals surface area (Å²) in [7, 11) is -2.44. The minimum absolute atomic E-state index is 0.251. The molecule has 1 heterocycles. The summed E-state index contributed by atoms with van der Waals surface area (Å²) >= 11 is 1.51. The average molecular weight is 328 g/mol. The van der Waals surface area contributed by atoms with Gasteiger partial charge in [-0.3, -0.25) is 4.57 Å². The second-order valence-corrected chi connectivity index (χ2v) is 6.94. The lowest BCUT2D eigenvalue weighted by molar-refractivity contribution is 0.314. The molecule has 0 saturated carbocycles. The molecule has 0 atom stereocenters. The van der Waals surface area contributed by atoms with Gasteiger partial charge in [-0.15, -0.1) is 11.3 Å². The quantitative estimate of drug-likeness (QED) is 0.794. The first-order valence-corrected chi connectivity index (χ1v) is 9.04. The van der Waals surface area contributed by atoms with Crippen molar-refractivity contribution in [3.63, 3.8) is 0 Å². The van der Waals surface area contributed by atoms with Crippen molar-refractivity contribution in [3.05, 3.63) is 35.2 Å². The van der Waals surface area contributed by atoms with Gasteiger partial charge in [0.2, 0.25) is 0 Å². The van der Waals surface area contributed by atoms with Gasteiger partial charge in [-0.05, 0) is 18.1 Å². The molecule has 0 aliphatic rings. The lowest BCUT2D eigenvalue weighted by Gasteiger charge is -2.08. The van der Waals surface area contributed by atoms with E-state index in [1.807, 2.05) is 24.4 Å². The summed E-state index contributed by atoms with van der Waals surface area (Å²) in [5.41, 5.74) is 1.54. The van der Waals surface area contributed by atoms with Gasteiger partial charge in [0.15, 0.2) is 11.5 Å². The molecule has 0 spiro atoms. The van der Waals surface area contributed by atoms with Crippen molar-refractivity contribution in [3.8, 4) is 21.9 Å². The third kappa shape index (κ3) is 4.08. The highest BCUT2D eigenvalue weighted by Crippen LogP contribution is 2.44. The van der Waals surface area contributed by atoms with Gasteiger partial charge in [-0.2, -0.15) is 0 Å². The fraction of sp³-hybridized carbons (Fsp3) is 0.286. The van der Waals surface area contributed by atoms with Crippen LogP contribution in [0.1, 0.15) is 12.5 Å². The number of thiophene rings is 1. The highest BCUT2D eigenvalue weighted by Gasteiger charge is 2.17. The van der Waals surface area contributed by atoms with Crippen molar-refractivity contribution in [1.29, 1.82) is 0 Å². The molecule has 0 radical (unpaired) electrons.